The van der Waals surface area contributed by atoms with Crippen LogP contribution in [0.3, 0.4) is 0 Å². The van der Waals surface area contributed by atoms with Crippen LogP contribution < -0.4 is 0 Å². The molecule has 0 saturated carbocycles. The summed E-state index contributed by atoms with van der Waals surface area (Å²) >= 11 is 2.38. The number of carboxylic acids is 1. The lowest BCUT2D eigenvalue weighted by Crippen LogP contribution is -2.27. The van der Waals surface area contributed by atoms with E-state index in [-0.39, 0.29) is 0 Å². The van der Waals surface area contributed by atoms with Gasteiger partial charge in [0, 0.05) is 5.56 Å². The van der Waals surface area contributed by atoms with Gasteiger partial charge in [0.2, 0.25) is 0 Å². The second-order valence-electron chi connectivity index (χ2n) is 4.41. The van der Waals surface area contributed by atoms with E-state index < -0.39 is 51.1 Å². The molecule has 0 fully saturated rings. The molecule has 0 amide bonds. The number of aliphatic carboxylic acids is 1. The molecule has 0 saturated heterocycles. The van der Waals surface area contributed by atoms with Crippen LogP contribution in [0.2, 0.25) is 0 Å². The second kappa shape index (κ2) is 4.87. The Morgan fingerprint density at radius 1 is 1.11 bits per heavy atom. The third-order valence-corrected chi connectivity index (χ3v) is 3.19. The van der Waals surface area contributed by atoms with Crippen molar-refractivity contribution in [2.45, 2.75) is 20.3 Å². The van der Waals surface area contributed by atoms with Crippen LogP contribution >= 0.6 is 15.9 Å². The van der Waals surface area contributed by atoms with E-state index in [1.54, 1.807) is 0 Å². The van der Waals surface area contributed by atoms with Gasteiger partial charge in [0.15, 0.2) is 23.3 Å². The molecule has 0 atom stereocenters. The summed E-state index contributed by atoms with van der Waals surface area (Å²) in [6, 6.07) is 0. The fraction of sp³-hybridized carbons (Fsp3) is 0.364. The minimum absolute atomic E-state index is 0.666. The first-order valence-corrected chi connectivity index (χ1v) is 5.62. The smallest absolute Gasteiger partial charge is 0.309 e. The molecule has 0 radical (unpaired) electrons. The molecule has 1 aromatic rings. The van der Waals surface area contributed by atoms with E-state index in [9.17, 15) is 22.4 Å². The summed E-state index contributed by atoms with van der Waals surface area (Å²) in [5.74, 6) is -7.66. The van der Waals surface area contributed by atoms with Crippen LogP contribution in [0.25, 0.3) is 0 Å². The summed E-state index contributed by atoms with van der Waals surface area (Å²) in [6.45, 7) is 2.40. The highest BCUT2D eigenvalue weighted by Crippen LogP contribution is 2.32. The molecule has 1 rings (SSSR count). The molecule has 0 aromatic heterocycles. The van der Waals surface area contributed by atoms with Crippen molar-refractivity contribution in [2.75, 3.05) is 0 Å². The van der Waals surface area contributed by atoms with E-state index in [4.69, 9.17) is 5.11 Å². The summed E-state index contributed by atoms with van der Waals surface area (Å²) in [7, 11) is 0. The van der Waals surface area contributed by atoms with Gasteiger partial charge in [0.05, 0.1) is 9.89 Å². The van der Waals surface area contributed by atoms with Crippen molar-refractivity contribution < 1.29 is 27.5 Å². The Balaban J connectivity index is 3.39. The molecule has 0 aliphatic heterocycles. The van der Waals surface area contributed by atoms with Crippen LogP contribution in [0.15, 0.2) is 4.47 Å². The average Bonchev–Trinajstić information content (AvgIpc) is 2.29. The van der Waals surface area contributed by atoms with Crippen LogP contribution in [0.4, 0.5) is 17.6 Å². The Labute approximate surface area is 109 Å². The van der Waals surface area contributed by atoms with Gasteiger partial charge < -0.3 is 5.11 Å². The molecule has 0 bridgehead atoms. The quantitative estimate of drug-likeness (QED) is 0.522. The number of benzene rings is 1. The van der Waals surface area contributed by atoms with E-state index in [1.807, 2.05) is 0 Å². The molecule has 18 heavy (non-hydrogen) atoms. The molecular formula is C11H9BrF4O2. The summed E-state index contributed by atoms with van der Waals surface area (Å²) < 4.78 is 52.5. The number of hydrogen-bond acceptors (Lipinski definition) is 1. The zero-order valence-electron chi connectivity index (χ0n) is 9.45. The van der Waals surface area contributed by atoms with Gasteiger partial charge in [-0.3, -0.25) is 4.79 Å². The van der Waals surface area contributed by atoms with Crippen molar-refractivity contribution in [3.05, 3.63) is 33.3 Å². The molecule has 1 aromatic carbocycles. The largest absolute Gasteiger partial charge is 0.481 e. The number of hydrogen-bond donors (Lipinski definition) is 1. The normalized spacial score (nSPS) is 11.7. The minimum atomic E-state index is -1.59. The van der Waals surface area contributed by atoms with E-state index in [0.29, 0.717) is 0 Å². The van der Waals surface area contributed by atoms with E-state index in [0.717, 1.165) is 0 Å². The van der Waals surface area contributed by atoms with Crippen molar-refractivity contribution in [3.8, 4) is 0 Å². The molecular weight excluding hydrogens is 320 g/mol. The Kier molecular flexibility index (Phi) is 4.05. The predicted octanol–water partition coefficient (Wildman–Crippen LogP) is 3.66. The topological polar surface area (TPSA) is 37.3 Å². The van der Waals surface area contributed by atoms with Gasteiger partial charge in [0.25, 0.3) is 0 Å². The van der Waals surface area contributed by atoms with Gasteiger partial charge in [-0.25, -0.2) is 17.6 Å². The number of carbonyl (C=O) groups is 1. The zero-order chi connectivity index (χ0) is 14.2. The fourth-order valence-electron chi connectivity index (χ4n) is 1.32. The number of rotatable bonds is 3. The van der Waals surface area contributed by atoms with Gasteiger partial charge in [-0.15, -0.1) is 0 Å². The third kappa shape index (κ3) is 2.50. The van der Waals surface area contributed by atoms with Crippen LogP contribution in [0.5, 0.6) is 0 Å². The van der Waals surface area contributed by atoms with Gasteiger partial charge in [-0.2, -0.15) is 0 Å². The highest BCUT2D eigenvalue weighted by Gasteiger charge is 2.33. The van der Waals surface area contributed by atoms with Crippen LogP contribution in [0, 0.1) is 28.7 Å². The molecule has 0 spiro atoms. The third-order valence-electron chi connectivity index (χ3n) is 2.50. The highest BCUT2D eigenvalue weighted by atomic mass is 79.9. The van der Waals surface area contributed by atoms with Crippen LogP contribution in [-0.2, 0) is 11.2 Å². The van der Waals surface area contributed by atoms with Crippen LogP contribution in [-0.4, -0.2) is 11.1 Å². The zero-order valence-corrected chi connectivity index (χ0v) is 11.0. The van der Waals surface area contributed by atoms with Crippen LogP contribution in [0.1, 0.15) is 19.4 Å². The van der Waals surface area contributed by atoms with E-state index >= 15 is 0 Å². The maximum Gasteiger partial charge on any atom is 0.309 e. The molecule has 100 valence electrons. The van der Waals surface area contributed by atoms with E-state index in [1.165, 1.54) is 13.8 Å². The fourth-order valence-corrected chi connectivity index (χ4v) is 1.67. The van der Waals surface area contributed by atoms with Crippen molar-refractivity contribution in [1.82, 2.24) is 0 Å². The van der Waals surface area contributed by atoms with Gasteiger partial charge in [-0.05, 0) is 36.2 Å². The summed E-state index contributed by atoms with van der Waals surface area (Å²) in [5.41, 5.74) is -2.46. The molecule has 1 N–H and O–H groups in total. The maximum atomic E-state index is 13.5. The lowest BCUT2D eigenvalue weighted by molar-refractivity contribution is -0.146. The lowest BCUT2D eigenvalue weighted by atomic mass is 9.85. The van der Waals surface area contributed by atoms with Crippen molar-refractivity contribution in [2.24, 2.45) is 5.41 Å². The Morgan fingerprint density at radius 2 is 1.50 bits per heavy atom. The van der Waals surface area contributed by atoms with E-state index in [2.05, 4.69) is 15.9 Å². The molecule has 7 heteroatoms. The maximum absolute atomic E-state index is 13.5. The molecule has 0 aliphatic rings. The number of halogens is 5. The highest BCUT2D eigenvalue weighted by molar-refractivity contribution is 9.10. The molecule has 2 nitrogen and oxygen atoms in total. The van der Waals surface area contributed by atoms with Crippen molar-refractivity contribution in [1.29, 1.82) is 0 Å². The second-order valence-corrected chi connectivity index (χ2v) is 5.21. The Bertz CT molecular complexity index is 485. The Morgan fingerprint density at radius 3 is 1.83 bits per heavy atom. The summed E-state index contributed by atoms with van der Waals surface area (Å²) in [6.07, 6.45) is -0.666. The standard InChI is InChI=1S/C11H9BrF4O2/c1-11(2,10(17)18)3-4-6(13)8(15)5(12)9(16)7(4)14/h3H2,1-2H3,(H,17,18). The molecule has 0 unspecified atom stereocenters. The van der Waals surface area contributed by atoms with Crippen molar-refractivity contribution in [3.63, 3.8) is 0 Å². The van der Waals surface area contributed by atoms with Gasteiger partial charge >= 0.3 is 5.97 Å². The monoisotopic (exact) mass is 328 g/mol. The first kappa shape index (κ1) is 14.9. The average molecular weight is 329 g/mol. The predicted molar refractivity (Wildman–Crippen MR) is 59.1 cm³/mol. The van der Waals surface area contributed by atoms with Gasteiger partial charge in [0.1, 0.15) is 0 Å². The number of carboxylic acid groups (broad SMARTS) is 1. The Hall–Kier alpha value is -1.11. The van der Waals surface area contributed by atoms with Crippen molar-refractivity contribution >= 4 is 21.9 Å². The SMILES string of the molecule is CC(C)(Cc1c(F)c(F)c(Br)c(F)c1F)C(=O)O. The molecule has 0 heterocycles. The van der Waals surface area contributed by atoms with Gasteiger partial charge in [-0.1, -0.05) is 0 Å². The first-order valence-electron chi connectivity index (χ1n) is 4.83. The first-order chi connectivity index (χ1) is 8.09. The summed E-state index contributed by atoms with van der Waals surface area (Å²) in [4.78, 5) is 10.8. The lowest BCUT2D eigenvalue weighted by Gasteiger charge is -2.20. The molecule has 0 aliphatic carbocycles. The minimum Gasteiger partial charge on any atom is -0.481 e. The summed E-state index contributed by atoms with van der Waals surface area (Å²) in [5, 5.41) is 8.84.